The van der Waals surface area contributed by atoms with Crippen molar-refractivity contribution in [3.8, 4) is 0 Å². The Labute approximate surface area is 212 Å². The van der Waals surface area contributed by atoms with Crippen LogP contribution in [0.1, 0.15) is 47.3 Å². The Kier molecular flexibility index (Phi) is 7.67. The van der Waals surface area contributed by atoms with Gasteiger partial charge >= 0.3 is 0 Å². The predicted molar refractivity (Wildman–Crippen MR) is 139 cm³/mol. The van der Waals surface area contributed by atoms with Crippen LogP contribution in [0.4, 0.5) is 5.69 Å². The summed E-state index contributed by atoms with van der Waals surface area (Å²) in [4.78, 5) is 30.4. The molecule has 3 heterocycles. The Morgan fingerprint density at radius 2 is 1.72 bits per heavy atom. The standard InChI is InChI=1S/C29H33N5O2/c35-28-19-24(21-34(28)25-13-11-23(12-14-25)20-33-16-5-2-6-17-33)27(18-22-8-3-1-4-9-22)31-29(36)26-10-7-15-30-32-26/h1,3-4,7-15,24,27H,2,5-6,16-21H2,(H,31,36). The molecule has 7 heteroatoms. The van der Waals surface area contributed by atoms with Crippen molar-refractivity contribution in [3.63, 3.8) is 0 Å². The van der Waals surface area contributed by atoms with Gasteiger partial charge in [-0.05, 0) is 67.7 Å². The highest BCUT2D eigenvalue weighted by Crippen LogP contribution is 2.29. The van der Waals surface area contributed by atoms with E-state index in [1.165, 1.54) is 24.8 Å². The second-order valence-corrected chi connectivity index (χ2v) is 9.85. The Bertz CT molecular complexity index is 1150. The van der Waals surface area contributed by atoms with Gasteiger partial charge in [0.15, 0.2) is 5.69 Å². The molecule has 2 saturated heterocycles. The lowest BCUT2D eigenvalue weighted by Crippen LogP contribution is -2.43. The number of anilines is 1. The van der Waals surface area contributed by atoms with Crippen molar-refractivity contribution < 1.29 is 9.59 Å². The second-order valence-electron chi connectivity index (χ2n) is 9.85. The first-order chi connectivity index (χ1) is 17.7. The van der Waals surface area contributed by atoms with E-state index in [0.717, 1.165) is 30.9 Å². The molecule has 2 unspecified atom stereocenters. The summed E-state index contributed by atoms with van der Waals surface area (Å²) in [6.45, 7) is 3.86. The van der Waals surface area contributed by atoms with Crippen LogP contribution in [-0.2, 0) is 17.8 Å². The molecule has 2 atom stereocenters. The van der Waals surface area contributed by atoms with Crippen molar-refractivity contribution >= 4 is 17.5 Å². The molecule has 2 aromatic carbocycles. The number of benzene rings is 2. The molecule has 36 heavy (non-hydrogen) atoms. The molecule has 2 aliphatic heterocycles. The number of nitrogens with zero attached hydrogens (tertiary/aromatic N) is 4. The SMILES string of the molecule is O=C(NC(Cc1ccccc1)C1CC(=O)N(c2ccc(CN3CCCCC3)cc2)C1)c1cccnn1. The summed E-state index contributed by atoms with van der Waals surface area (Å²) >= 11 is 0. The van der Waals surface area contributed by atoms with E-state index >= 15 is 0 Å². The molecule has 1 N–H and O–H groups in total. The van der Waals surface area contributed by atoms with Crippen LogP contribution in [0.15, 0.2) is 72.9 Å². The van der Waals surface area contributed by atoms with Crippen LogP contribution < -0.4 is 10.2 Å². The molecule has 2 aliphatic rings. The monoisotopic (exact) mass is 483 g/mol. The highest BCUT2D eigenvalue weighted by molar-refractivity contribution is 5.96. The molecule has 0 saturated carbocycles. The number of likely N-dealkylation sites (tertiary alicyclic amines) is 1. The number of aromatic nitrogens is 2. The van der Waals surface area contributed by atoms with Crippen molar-refractivity contribution in [2.45, 2.75) is 44.7 Å². The molecule has 2 amide bonds. The lowest BCUT2D eigenvalue weighted by molar-refractivity contribution is -0.117. The minimum Gasteiger partial charge on any atom is -0.347 e. The molecule has 3 aromatic rings. The van der Waals surface area contributed by atoms with Crippen molar-refractivity contribution in [2.75, 3.05) is 24.5 Å². The molecule has 1 aromatic heterocycles. The molecule has 186 valence electrons. The van der Waals surface area contributed by atoms with Crippen LogP contribution in [0.2, 0.25) is 0 Å². The van der Waals surface area contributed by atoms with Crippen LogP contribution in [-0.4, -0.2) is 52.6 Å². The van der Waals surface area contributed by atoms with E-state index in [0.29, 0.717) is 19.4 Å². The molecular formula is C29H33N5O2. The van der Waals surface area contributed by atoms with Crippen molar-refractivity contribution in [2.24, 2.45) is 5.92 Å². The number of amides is 2. The van der Waals surface area contributed by atoms with Crippen LogP contribution >= 0.6 is 0 Å². The minimum absolute atomic E-state index is 0.00801. The van der Waals surface area contributed by atoms with Gasteiger partial charge in [0.25, 0.3) is 5.91 Å². The number of rotatable bonds is 8. The summed E-state index contributed by atoms with van der Waals surface area (Å²) in [5.74, 6) is -0.182. The number of nitrogens with one attached hydrogen (secondary N) is 1. The summed E-state index contributed by atoms with van der Waals surface area (Å²) in [6, 6.07) is 21.6. The number of carbonyl (C=O) groups excluding carboxylic acids is 2. The zero-order chi connectivity index (χ0) is 24.7. The maximum atomic E-state index is 13.1. The first-order valence-corrected chi connectivity index (χ1v) is 12.9. The van der Waals surface area contributed by atoms with Crippen molar-refractivity contribution in [3.05, 3.63) is 89.7 Å². The lowest BCUT2D eigenvalue weighted by Gasteiger charge is -2.27. The highest BCUT2D eigenvalue weighted by atomic mass is 16.2. The maximum absolute atomic E-state index is 13.1. The van der Waals surface area contributed by atoms with Gasteiger partial charge in [-0.25, -0.2) is 0 Å². The van der Waals surface area contributed by atoms with Crippen molar-refractivity contribution in [1.29, 1.82) is 0 Å². The Morgan fingerprint density at radius 1 is 0.944 bits per heavy atom. The van der Waals surface area contributed by atoms with Gasteiger partial charge in [0, 0.05) is 43.4 Å². The predicted octanol–water partition coefficient (Wildman–Crippen LogP) is 3.86. The van der Waals surface area contributed by atoms with Crippen LogP contribution in [0.25, 0.3) is 0 Å². The van der Waals surface area contributed by atoms with Gasteiger partial charge in [0.2, 0.25) is 5.91 Å². The van der Waals surface area contributed by atoms with Gasteiger partial charge in [0.05, 0.1) is 0 Å². The van der Waals surface area contributed by atoms with Crippen LogP contribution in [0, 0.1) is 5.92 Å². The van der Waals surface area contributed by atoms with E-state index in [9.17, 15) is 9.59 Å². The van der Waals surface area contributed by atoms with E-state index < -0.39 is 0 Å². The molecule has 5 rings (SSSR count). The Hall–Kier alpha value is -3.58. The number of piperidine rings is 1. The van der Waals surface area contributed by atoms with Gasteiger partial charge in [-0.15, -0.1) is 5.10 Å². The highest BCUT2D eigenvalue weighted by Gasteiger charge is 2.36. The Balaban J connectivity index is 1.28. The zero-order valence-corrected chi connectivity index (χ0v) is 20.6. The lowest BCUT2D eigenvalue weighted by atomic mass is 9.92. The molecular weight excluding hydrogens is 450 g/mol. The fourth-order valence-electron chi connectivity index (χ4n) is 5.28. The summed E-state index contributed by atoms with van der Waals surface area (Å²) in [7, 11) is 0. The average Bonchev–Trinajstić information content (AvgIpc) is 3.32. The van der Waals surface area contributed by atoms with Gasteiger partial charge in [-0.1, -0.05) is 48.9 Å². The third-order valence-corrected chi connectivity index (χ3v) is 7.25. The van der Waals surface area contributed by atoms with Crippen LogP contribution in [0.5, 0.6) is 0 Å². The fraction of sp³-hybridized carbons (Fsp3) is 0.379. The van der Waals surface area contributed by atoms with E-state index in [1.807, 2.05) is 23.1 Å². The van der Waals surface area contributed by atoms with Crippen molar-refractivity contribution in [1.82, 2.24) is 20.4 Å². The van der Waals surface area contributed by atoms with Gasteiger partial charge < -0.3 is 10.2 Å². The molecule has 0 aliphatic carbocycles. The number of hydrogen-bond donors (Lipinski definition) is 1. The summed E-state index contributed by atoms with van der Waals surface area (Å²) in [5.41, 5.74) is 3.60. The second kappa shape index (κ2) is 11.4. The smallest absolute Gasteiger partial charge is 0.272 e. The van der Waals surface area contributed by atoms with E-state index in [4.69, 9.17) is 0 Å². The van der Waals surface area contributed by atoms with E-state index in [-0.39, 0.29) is 29.5 Å². The first kappa shape index (κ1) is 24.1. The Morgan fingerprint density at radius 3 is 2.44 bits per heavy atom. The van der Waals surface area contributed by atoms with Gasteiger partial charge in [-0.3, -0.25) is 14.5 Å². The molecule has 0 radical (unpaired) electrons. The first-order valence-electron chi connectivity index (χ1n) is 12.9. The maximum Gasteiger partial charge on any atom is 0.272 e. The van der Waals surface area contributed by atoms with Crippen LogP contribution in [0.3, 0.4) is 0 Å². The minimum atomic E-state index is -0.267. The fourth-order valence-corrected chi connectivity index (χ4v) is 5.28. The number of carbonyl (C=O) groups is 2. The average molecular weight is 484 g/mol. The van der Waals surface area contributed by atoms with E-state index in [2.05, 4.69) is 56.8 Å². The largest absolute Gasteiger partial charge is 0.347 e. The van der Waals surface area contributed by atoms with Gasteiger partial charge in [0.1, 0.15) is 0 Å². The third-order valence-electron chi connectivity index (χ3n) is 7.25. The van der Waals surface area contributed by atoms with Gasteiger partial charge in [-0.2, -0.15) is 5.10 Å². The number of hydrogen-bond acceptors (Lipinski definition) is 5. The quantitative estimate of drug-likeness (QED) is 0.527. The molecule has 0 spiro atoms. The summed E-state index contributed by atoms with van der Waals surface area (Å²) in [5, 5.41) is 10.9. The zero-order valence-electron chi connectivity index (χ0n) is 20.6. The summed E-state index contributed by atoms with van der Waals surface area (Å²) in [6.07, 6.45) is 6.47. The molecule has 7 nitrogen and oxygen atoms in total. The molecule has 0 bridgehead atoms. The topological polar surface area (TPSA) is 78.4 Å². The normalized spacial score (nSPS) is 19.3. The summed E-state index contributed by atoms with van der Waals surface area (Å²) < 4.78 is 0. The third kappa shape index (κ3) is 5.97. The molecule has 2 fully saturated rings. The van der Waals surface area contributed by atoms with E-state index in [1.54, 1.807) is 18.3 Å².